The maximum Gasteiger partial charge on any atom is 0.0343 e. The Morgan fingerprint density at radius 3 is 2.67 bits per heavy atom. The standard InChI is InChI=1S/C16H26N2/c1-13(2)15-5-4-6-16(11-15)17-12-14-7-9-18(3)10-8-14/h4-6,11,13-14,17H,7-10,12H2,1-3H3. The van der Waals surface area contributed by atoms with E-state index in [4.69, 9.17) is 0 Å². The number of nitrogens with zero attached hydrogens (tertiary/aromatic N) is 1. The van der Waals surface area contributed by atoms with Crippen LogP contribution in [0, 0.1) is 5.92 Å². The minimum absolute atomic E-state index is 0.607. The van der Waals surface area contributed by atoms with E-state index in [9.17, 15) is 0 Å². The van der Waals surface area contributed by atoms with Crippen LogP contribution in [0.5, 0.6) is 0 Å². The van der Waals surface area contributed by atoms with Crippen molar-refractivity contribution in [2.75, 3.05) is 32.0 Å². The third-order valence-electron chi connectivity index (χ3n) is 3.99. The molecule has 1 saturated heterocycles. The fourth-order valence-electron chi connectivity index (χ4n) is 2.54. The van der Waals surface area contributed by atoms with Crippen molar-refractivity contribution in [1.29, 1.82) is 0 Å². The van der Waals surface area contributed by atoms with E-state index in [1.54, 1.807) is 0 Å². The summed E-state index contributed by atoms with van der Waals surface area (Å²) < 4.78 is 0. The van der Waals surface area contributed by atoms with Gasteiger partial charge in [-0.15, -0.1) is 0 Å². The highest BCUT2D eigenvalue weighted by Crippen LogP contribution is 2.20. The second-order valence-corrected chi connectivity index (χ2v) is 5.91. The van der Waals surface area contributed by atoms with Crippen LogP contribution in [0.2, 0.25) is 0 Å². The van der Waals surface area contributed by atoms with Gasteiger partial charge in [-0.2, -0.15) is 0 Å². The van der Waals surface area contributed by atoms with Gasteiger partial charge in [0.1, 0.15) is 0 Å². The average Bonchev–Trinajstić information content (AvgIpc) is 2.38. The topological polar surface area (TPSA) is 15.3 Å². The van der Waals surface area contributed by atoms with Crippen molar-refractivity contribution >= 4 is 5.69 Å². The SMILES string of the molecule is CC(C)c1cccc(NCC2CCN(C)CC2)c1. The molecule has 0 bridgehead atoms. The van der Waals surface area contributed by atoms with Crippen molar-refractivity contribution < 1.29 is 0 Å². The van der Waals surface area contributed by atoms with E-state index in [1.165, 1.54) is 37.2 Å². The van der Waals surface area contributed by atoms with Crippen molar-refractivity contribution in [3.8, 4) is 0 Å². The average molecular weight is 246 g/mol. The minimum atomic E-state index is 0.607. The molecule has 1 N–H and O–H groups in total. The summed E-state index contributed by atoms with van der Waals surface area (Å²) in [6, 6.07) is 8.85. The van der Waals surface area contributed by atoms with E-state index in [0.717, 1.165) is 12.5 Å². The largest absolute Gasteiger partial charge is 0.385 e. The molecule has 0 aromatic heterocycles. The van der Waals surface area contributed by atoms with Crippen LogP contribution in [-0.4, -0.2) is 31.6 Å². The van der Waals surface area contributed by atoms with Crippen molar-refractivity contribution in [3.05, 3.63) is 29.8 Å². The first kappa shape index (κ1) is 13.4. The molecule has 0 radical (unpaired) electrons. The zero-order chi connectivity index (χ0) is 13.0. The highest BCUT2D eigenvalue weighted by atomic mass is 15.1. The predicted molar refractivity (Wildman–Crippen MR) is 79.2 cm³/mol. The summed E-state index contributed by atoms with van der Waals surface area (Å²) in [7, 11) is 2.22. The van der Waals surface area contributed by atoms with Gasteiger partial charge in [-0.25, -0.2) is 0 Å². The Labute approximate surface area is 111 Å². The van der Waals surface area contributed by atoms with Gasteiger partial charge in [0, 0.05) is 12.2 Å². The van der Waals surface area contributed by atoms with E-state index < -0.39 is 0 Å². The highest BCUT2D eigenvalue weighted by molar-refractivity contribution is 5.46. The molecule has 1 aliphatic rings. The number of rotatable bonds is 4. The lowest BCUT2D eigenvalue weighted by Crippen LogP contribution is -2.32. The van der Waals surface area contributed by atoms with Crippen LogP contribution in [0.25, 0.3) is 0 Å². The number of benzene rings is 1. The summed E-state index contributed by atoms with van der Waals surface area (Å²) in [5.41, 5.74) is 2.70. The zero-order valence-electron chi connectivity index (χ0n) is 11.9. The number of hydrogen-bond donors (Lipinski definition) is 1. The van der Waals surface area contributed by atoms with Crippen LogP contribution in [0.1, 0.15) is 38.2 Å². The van der Waals surface area contributed by atoms with Gasteiger partial charge in [0.25, 0.3) is 0 Å². The Morgan fingerprint density at radius 2 is 2.00 bits per heavy atom. The highest BCUT2D eigenvalue weighted by Gasteiger charge is 2.16. The maximum atomic E-state index is 3.61. The van der Waals surface area contributed by atoms with Crippen molar-refractivity contribution in [1.82, 2.24) is 4.90 Å². The maximum absolute atomic E-state index is 3.61. The number of hydrogen-bond acceptors (Lipinski definition) is 2. The molecule has 2 heteroatoms. The Hall–Kier alpha value is -1.02. The molecule has 1 aromatic rings. The molecule has 2 nitrogen and oxygen atoms in total. The first-order chi connectivity index (χ1) is 8.65. The monoisotopic (exact) mass is 246 g/mol. The van der Waals surface area contributed by atoms with Gasteiger partial charge in [-0.1, -0.05) is 26.0 Å². The van der Waals surface area contributed by atoms with Crippen molar-refractivity contribution in [2.45, 2.75) is 32.6 Å². The van der Waals surface area contributed by atoms with E-state index in [-0.39, 0.29) is 0 Å². The van der Waals surface area contributed by atoms with Crippen molar-refractivity contribution in [3.63, 3.8) is 0 Å². The van der Waals surface area contributed by atoms with Gasteiger partial charge in [-0.3, -0.25) is 0 Å². The summed E-state index contributed by atoms with van der Waals surface area (Å²) >= 11 is 0. The molecule has 1 aromatic carbocycles. The summed E-state index contributed by atoms with van der Waals surface area (Å²) in [6.45, 7) is 8.11. The van der Waals surface area contributed by atoms with E-state index in [1.807, 2.05) is 0 Å². The van der Waals surface area contributed by atoms with Crippen LogP contribution in [0.15, 0.2) is 24.3 Å². The Bertz CT molecular complexity index is 365. The third-order valence-corrected chi connectivity index (χ3v) is 3.99. The third kappa shape index (κ3) is 3.74. The van der Waals surface area contributed by atoms with E-state index >= 15 is 0 Å². The Kier molecular flexibility index (Phi) is 4.65. The lowest BCUT2D eigenvalue weighted by atomic mass is 9.97. The Morgan fingerprint density at radius 1 is 1.28 bits per heavy atom. The molecule has 2 rings (SSSR count). The molecule has 1 aliphatic heterocycles. The second-order valence-electron chi connectivity index (χ2n) is 5.91. The minimum Gasteiger partial charge on any atom is -0.385 e. The lowest BCUT2D eigenvalue weighted by Gasteiger charge is -2.29. The predicted octanol–water partition coefficient (Wildman–Crippen LogP) is 3.56. The van der Waals surface area contributed by atoms with Crippen LogP contribution in [0.4, 0.5) is 5.69 Å². The zero-order valence-corrected chi connectivity index (χ0v) is 11.9. The number of anilines is 1. The summed E-state index contributed by atoms with van der Waals surface area (Å²) in [6.07, 6.45) is 2.65. The molecule has 1 fully saturated rings. The summed E-state index contributed by atoms with van der Waals surface area (Å²) in [4.78, 5) is 2.43. The van der Waals surface area contributed by atoms with E-state index in [0.29, 0.717) is 5.92 Å². The Balaban J connectivity index is 1.84. The molecule has 0 aliphatic carbocycles. The second kappa shape index (κ2) is 6.24. The molecule has 0 atom stereocenters. The van der Waals surface area contributed by atoms with Gasteiger partial charge in [0.2, 0.25) is 0 Å². The molecule has 0 unspecified atom stereocenters. The number of piperidine rings is 1. The van der Waals surface area contributed by atoms with Crippen molar-refractivity contribution in [2.24, 2.45) is 5.92 Å². The first-order valence-electron chi connectivity index (χ1n) is 7.17. The molecular formula is C16H26N2. The normalized spacial score (nSPS) is 18.2. The number of likely N-dealkylation sites (tertiary alicyclic amines) is 1. The molecule has 100 valence electrons. The smallest absolute Gasteiger partial charge is 0.0343 e. The fourth-order valence-corrected chi connectivity index (χ4v) is 2.54. The summed E-state index contributed by atoms with van der Waals surface area (Å²) in [5, 5.41) is 3.61. The van der Waals surface area contributed by atoms with Crippen LogP contribution < -0.4 is 5.32 Å². The molecule has 0 spiro atoms. The van der Waals surface area contributed by atoms with Gasteiger partial charge in [-0.05, 0) is 62.5 Å². The lowest BCUT2D eigenvalue weighted by molar-refractivity contribution is 0.226. The number of nitrogens with one attached hydrogen (secondary N) is 1. The fraction of sp³-hybridized carbons (Fsp3) is 0.625. The van der Waals surface area contributed by atoms with Gasteiger partial charge >= 0.3 is 0 Å². The molecule has 18 heavy (non-hydrogen) atoms. The molecule has 1 heterocycles. The first-order valence-corrected chi connectivity index (χ1v) is 7.17. The molecule has 0 amide bonds. The van der Waals surface area contributed by atoms with E-state index in [2.05, 4.69) is 55.4 Å². The van der Waals surface area contributed by atoms with Gasteiger partial charge in [0.15, 0.2) is 0 Å². The van der Waals surface area contributed by atoms with Crippen LogP contribution in [0.3, 0.4) is 0 Å². The summed E-state index contributed by atoms with van der Waals surface area (Å²) in [5.74, 6) is 1.44. The molecular weight excluding hydrogens is 220 g/mol. The molecule has 0 saturated carbocycles. The van der Waals surface area contributed by atoms with Crippen LogP contribution >= 0.6 is 0 Å². The quantitative estimate of drug-likeness (QED) is 0.874. The van der Waals surface area contributed by atoms with Crippen LogP contribution in [-0.2, 0) is 0 Å². The van der Waals surface area contributed by atoms with Gasteiger partial charge in [0.05, 0.1) is 0 Å². The van der Waals surface area contributed by atoms with Gasteiger partial charge < -0.3 is 10.2 Å².